The first-order chi connectivity index (χ1) is 8.41. The van der Waals surface area contributed by atoms with E-state index >= 15 is 0 Å². The molecule has 0 saturated heterocycles. The Balaban J connectivity index is 3.46. The Labute approximate surface area is 113 Å². The fourth-order valence-electron chi connectivity index (χ4n) is 1.31. The van der Waals surface area contributed by atoms with Crippen LogP contribution in [-0.2, 0) is 9.53 Å². The van der Waals surface area contributed by atoms with Crippen molar-refractivity contribution < 1.29 is 18.3 Å². The first-order valence-corrected chi connectivity index (χ1v) is 7.61. The van der Waals surface area contributed by atoms with Crippen LogP contribution in [0.2, 0.25) is 0 Å². The van der Waals surface area contributed by atoms with E-state index in [1.165, 1.54) is 6.92 Å². The van der Waals surface area contributed by atoms with E-state index in [2.05, 4.69) is 0 Å². The maximum Gasteiger partial charge on any atom is 0.305 e. The third-order valence-electron chi connectivity index (χ3n) is 2.62. The highest BCUT2D eigenvalue weighted by Gasteiger charge is 2.24. The number of rotatable bonds is 10. The molecule has 0 spiro atoms. The van der Waals surface area contributed by atoms with Gasteiger partial charge >= 0.3 is 5.97 Å². The van der Waals surface area contributed by atoms with Crippen LogP contribution in [0.3, 0.4) is 0 Å². The lowest BCUT2D eigenvalue weighted by atomic mass is 10.1. The molecule has 0 rings (SSSR count). The average molecular weight is 282 g/mol. The summed E-state index contributed by atoms with van der Waals surface area (Å²) < 4.78 is 30.8. The predicted octanol–water partition coefficient (Wildman–Crippen LogP) is 4.28. The van der Waals surface area contributed by atoms with Crippen molar-refractivity contribution in [2.75, 3.05) is 12.4 Å². The van der Waals surface area contributed by atoms with Gasteiger partial charge in [-0.15, -0.1) is 0 Å². The highest BCUT2D eigenvalue weighted by atomic mass is 32.2. The van der Waals surface area contributed by atoms with Crippen LogP contribution in [0.5, 0.6) is 0 Å². The molecule has 0 aliphatic rings. The second kappa shape index (κ2) is 9.59. The molecule has 0 radical (unpaired) electrons. The Bertz CT molecular complexity index is 235. The third-order valence-corrected chi connectivity index (χ3v) is 3.85. The Morgan fingerprint density at radius 3 is 2.56 bits per heavy atom. The van der Waals surface area contributed by atoms with Gasteiger partial charge < -0.3 is 4.74 Å². The molecule has 0 N–H and O–H groups in total. The zero-order chi connectivity index (χ0) is 14.0. The Morgan fingerprint density at radius 1 is 1.33 bits per heavy atom. The molecule has 0 aliphatic carbocycles. The van der Waals surface area contributed by atoms with Crippen LogP contribution < -0.4 is 0 Å². The minimum atomic E-state index is -2.51. The normalized spacial score (nSPS) is 13.4. The van der Waals surface area contributed by atoms with Gasteiger partial charge in [-0.1, -0.05) is 13.8 Å². The van der Waals surface area contributed by atoms with Gasteiger partial charge in [0.25, 0.3) is 0 Å². The second-order valence-corrected chi connectivity index (χ2v) is 5.93. The molecule has 1 atom stereocenters. The van der Waals surface area contributed by atoms with Crippen molar-refractivity contribution in [3.8, 4) is 0 Å². The minimum Gasteiger partial charge on any atom is -0.465 e. The lowest BCUT2D eigenvalue weighted by Gasteiger charge is -2.14. The number of ether oxygens (including phenoxy) is 1. The number of unbranched alkanes of at least 4 members (excludes halogenated alkanes) is 1. The number of carbonyl (C=O) groups excluding carboxylic acids is 1. The molecule has 0 amide bonds. The summed E-state index contributed by atoms with van der Waals surface area (Å²) in [7, 11) is 0. The average Bonchev–Trinajstić information content (AvgIpc) is 2.35. The van der Waals surface area contributed by atoms with Crippen LogP contribution in [0.1, 0.15) is 52.9 Å². The van der Waals surface area contributed by atoms with Gasteiger partial charge in [-0.05, 0) is 25.5 Å². The van der Waals surface area contributed by atoms with Crippen LogP contribution in [0.4, 0.5) is 8.78 Å². The summed E-state index contributed by atoms with van der Waals surface area (Å²) >= 11 is 1.66. The van der Waals surface area contributed by atoms with Crippen LogP contribution in [0.15, 0.2) is 0 Å². The molecule has 5 heteroatoms. The maximum atomic E-state index is 12.9. The highest BCUT2D eigenvalue weighted by Crippen LogP contribution is 2.25. The summed E-state index contributed by atoms with van der Waals surface area (Å²) in [6, 6.07) is 0. The van der Waals surface area contributed by atoms with E-state index in [1.54, 1.807) is 18.7 Å². The maximum absolute atomic E-state index is 12.9. The summed E-state index contributed by atoms with van der Waals surface area (Å²) in [6.07, 6.45) is 1.62. The van der Waals surface area contributed by atoms with Crippen molar-refractivity contribution in [2.24, 2.45) is 0 Å². The van der Waals surface area contributed by atoms with Crippen molar-refractivity contribution in [3.63, 3.8) is 0 Å². The third kappa shape index (κ3) is 9.68. The van der Waals surface area contributed by atoms with Gasteiger partial charge in [-0.2, -0.15) is 11.8 Å². The molecular formula is C13H24F2O2S. The molecule has 0 aliphatic heterocycles. The van der Waals surface area contributed by atoms with Crippen LogP contribution in [0.25, 0.3) is 0 Å². The van der Waals surface area contributed by atoms with Gasteiger partial charge in [0, 0.05) is 24.5 Å². The quantitative estimate of drug-likeness (QED) is 0.442. The molecule has 108 valence electrons. The summed E-state index contributed by atoms with van der Waals surface area (Å²) in [5.41, 5.74) is 0. The van der Waals surface area contributed by atoms with E-state index in [0.717, 1.165) is 12.2 Å². The first kappa shape index (κ1) is 17.7. The molecule has 0 saturated carbocycles. The number of esters is 1. The molecule has 2 nitrogen and oxygen atoms in total. The molecule has 0 aromatic carbocycles. The first-order valence-electron chi connectivity index (χ1n) is 6.56. The fraction of sp³-hybridized carbons (Fsp3) is 0.923. The number of hydrogen-bond acceptors (Lipinski definition) is 3. The van der Waals surface area contributed by atoms with Gasteiger partial charge in [-0.25, -0.2) is 8.78 Å². The van der Waals surface area contributed by atoms with E-state index in [4.69, 9.17) is 4.74 Å². The molecule has 0 heterocycles. The van der Waals surface area contributed by atoms with Gasteiger partial charge in [0.15, 0.2) is 0 Å². The van der Waals surface area contributed by atoms with Gasteiger partial charge in [0.05, 0.1) is 0 Å². The van der Waals surface area contributed by atoms with Crippen molar-refractivity contribution >= 4 is 17.7 Å². The molecular weight excluding hydrogens is 258 g/mol. The van der Waals surface area contributed by atoms with Crippen LogP contribution in [0, 0.1) is 0 Å². The standard InChI is InChI=1S/C13H24F2O2S/c1-4-12(16)17-10-11(3)18-9-7-6-8-13(14,15)5-2/h11H,4-10H2,1-3H3. The number of halogens is 2. The summed E-state index contributed by atoms with van der Waals surface area (Å²) in [6.45, 7) is 5.66. The molecule has 0 aromatic heterocycles. The van der Waals surface area contributed by atoms with Crippen LogP contribution >= 0.6 is 11.8 Å². The lowest BCUT2D eigenvalue weighted by molar-refractivity contribution is -0.143. The fourth-order valence-corrected chi connectivity index (χ4v) is 2.24. The van der Waals surface area contributed by atoms with Crippen LogP contribution in [-0.4, -0.2) is 29.5 Å². The Hall–Kier alpha value is -0.320. The molecule has 0 fully saturated rings. The zero-order valence-corrected chi connectivity index (χ0v) is 12.3. The largest absolute Gasteiger partial charge is 0.465 e. The van der Waals surface area contributed by atoms with Crippen molar-refractivity contribution in [3.05, 3.63) is 0 Å². The SMILES string of the molecule is CCC(=O)OCC(C)SCCCCC(F)(F)CC. The van der Waals surface area contributed by atoms with E-state index < -0.39 is 5.92 Å². The molecule has 1 unspecified atom stereocenters. The number of hydrogen-bond donors (Lipinski definition) is 0. The minimum absolute atomic E-state index is 0.0245. The number of alkyl halides is 2. The van der Waals surface area contributed by atoms with E-state index in [0.29, 0.717) is 19.4 Å². The summed E-state index contributed by atoms with van der Waals surface area (Å²) in [5, 5.41) is 0.229. The van der Waals surface area contributed by atoms with Crippen molar-refractivity contribution in [2.45, 2.75) is 64.0 Å². The van der Waals surface area contributed by atoms with E-state index in [-0.39, 0.29) is 24.1 Å². The molecule has 0 aromatic rings. The second-order valence-electron chi connectivity index (χ2n) is 4.38. The molecule has 18 heavy (non-hydrogen) atoms. The van der Waals surface area contributed by atoms with Crippen molar-refractivity contribution in [1.82, 2.24) is 0 Å². The van der Waals surface area contributed by atoms with Crippen molar-refractivity contribution in [1.29, 1.82) is 0 Å². The topological polar surface area (TPSA) is 26.3 Å². The van der Waals surface area contributed by atoms with E-state index in [1.807, 2.05) is 6.92 Å². The highest BCUT2D eigenvalue weighted by molar-refractivity contribution is 7.99. The lowest BCUT2D eigenvalue weighted by Crippen LogP contribution is -2.14. The zero-order valence-electron chi connectivity index (χ0n) is 11.5. The van der Waals surface area contributed by atoms with E-state index in [9.17, 15) is 13.6 Å². The summed E-state index contributed by atoms with van der Waals surface area (Å²) in [4.78, 5) is 10.9. The van der Waals surface area contributed by atoms with Gasteiger partial charge in [0.1, 0.15) is 6.61 Å². The number of thioether (sulfide) groups is 1. The Kier molecular flexibility index (Phi) is 9.42. The smallest absolute Gasteiger partial charge is 0.305 e. The van der Waals surface area contributed by atoms with Gasteiger partial charge in [-0.3, -0.25) is 4.79 Å². The monoisotopic (exact) mass is 282 g/mol. The number of carbonyl (C=O) groups is 1. The molecule has 0 bridgehead atoms. The van der Waals surface area contributed by atoms with Gasteiger partial charge in [0.2, 0.25) is 5.92 Å². The predicted molar refractivity (Wildman–Crippen MR) is 72.3 cm³/mol. The Morgan fingerprint density at radius 2 is 2.00 bits per heavy atom. The summed E-state index contributed by atoms with van der Waals surface area (Å²) in [5.74, 6) is -1.86.